The van der Waals surface area contributed by atoms with E-state index in [2.05, 4.69) is 0 Å². The predicted octanol–water partition coefficient (Wildman–Crippen LogP) is 3.69. The molecule has 2 heterocycles. The zero-order valence-corrected chi connectivity index (χ0v) is 13.8. The molecule has 20 heavy (non-hydrogen) atoms. The van der Waals surface area contributed by atoms with E-state index in [0.29, 0.717) is 29.1 Å². The van der Waals surface area contributed by atoms with Crippen LogP contribution in [0.25, 0.3) is 0 Å². The lowest BCUT2D eigenvalue weighted by atomic mass is 9.76. The summed E-state index contributed by atoms with van der Waals surface area (Å²) in [5.74, 6) is 1.70. The van der Waals surface area contributed by atoms with Crippen molar-refractivity contribution in [1.29, 1.82) is 0 Å². The van der Waals surface area contributed by atoms with Crippen LogP contribution < -0.4 is 0 Å². The van der Waals surface area contributed by atoms with Gasteiger partial charge in [0.05, 0.1) is 5.88 Å². The van der Waals surface area contributed by atoms with Crippen LogP contribution in [0.15, 0.2) is 16.3 Å². The first-order valence-electron chi connectivity index (χ1n) is 7.26. The highest BCUT2D eigenvalue weighted by Gasteiger charge is 2.36. The topological polar surface area (TPSA) is 37.4 Å². The molecule has 2 aliphatic rings. The molecule has 0 radical (unpaired) electrons. The van der Waals surface area contributed by atoms with Crippen LogP contribution in [-0.4, -0.2) is 25.8 Å². The largest absolute Gasteiger partial charge is 0.252 e. The Bertz CT molecular complexity index is 569. The van der Waals surface area contributed by atoms with Crippen molar-refractivity contribution in [3.05, 3.63) is 17.0 Å². The van der Waals surface area contributed by atoms with Crippen molar-refractivity contribution < 1.29 is 8.42 Å². The SMILES string of the molecule is O=S(=O)(c1ccc(CCl)s1)N1CCC2CCCCC2C1. The third-order valence-corrected chi connectivity index (χ3v) is 8.48. The van der Waals surface area contributed by atoms with Crippen molar-refractivity contribution in [3.8, 4) is 0 Å². The first-order chi connectivity index (χ1) is 9.61. The molecule has 3 nitrogen and oxygen atoms in total. The minimum absolute atomic E-state index is 0.380. The van der Waals surface area contributed by atoms with E-state index >= 15 is 0 Å². The van der Waals surface area contributed by atoms with Crippen LogP contribution in [0.2, 0.25) is 0 Å². The molecule has 6 heteroatoms. The Hall–Kier alpha value is -0.100. The van der Waals surface area contributed by atoms with E-state index in [-0.39, 0.29) is 0 Å². The molecule has 1 aliphatic heterocycles. The molecule has 0 bridgehead atoms. The van der Waals surface area contributed by atoms with Crippen molar-refractivity contribution >= 4 is 33.0 Å². The number of piperidine rings is 1. The van der Waals surface area contributed by atoms with Gasteiger partial charge in [-0.25, -0.2) is 8.42 Å². The van der Waals surface area contributed by atoms with Gasteiger partial charge in [0, 0.05) is 18.0 Å². The molecule has 1 saturated carbocycles. The number of nitrogens with zero attached hydrogens (tertiary/aromatic N) is 1. The molecule has 1 aromatic rings. The monoisotopic (exact) mass is 333 g/mol. The summed E-state index contributed by atoms with van der Waals surface area (Å²) in [6, 6.07) is 3.52. The maximum absolute atomic E-state index is 12.7. The molecule has 2 unspecified atom stereocenters. The minimum Gasteiger partial charge on any atom is -0.206 e. The van der Waals surface area contributed by atoms with Crippen molar-refractivity contribution in [3.63, 3.8) is 0 Å². The molecule has 1 saturated heterocycles. The quantitative estimate of drug-likeness (QED) is 0.791. The number of hydrogen-bond donors (Lipinski definition) is 0. The number of sulfonamides is 1. The van der Waals surface area contributed by atoms with Crippen molar-refractivity contribution in [1.82, 2.24) is 4.31 Å². The van der Waals surface area contributed by atoms with Crippen molar-refractivity contribution in [2.24, 2.45) is 11.8 Å². The maximum Gasteiger partial charge on any atom is 0.252 e. The Labute approximate surface area is 130 Å². The molecule has 0 aromatic carbocycles. The number of thiophene rings is 1. The lowest BCUT2D eigenvalue weighted by Gasteiger charge is -2.40. The second kappa shape index (κ2) is 5.95. The summed E-state index contributed by atoms with van der Waals surface area (Å²) in [5, 5.41) is 0. The lowest BCUT2D eigenvalue weighted by molar-refractivity contribution is 0.136. The molecule has 0 amide bonds. The van der Waals surface area contributed by atoms with E-state index in [1.165, 1.54) is 37.0 Å². The summed E-state index contributed by atoms with van der Waals surface area (Å²) < 4.78 is 27.5. The molecule has 3 rings (SSSR count). The van der Waals surface area contributed by atoms with E-state index in [1.54, 1.807) is 10.4 Å². The van der Waals surface area contributed by atoms with Gasteiger partial charge in [-0.1, -0.05) is 19.3 Å². The Kier molecular flexibility index (Phi) is 4.41. The second-order valence-corrected chi connectivity index (χ2v) is 9.41. The van der Waals surface area contributed by atoms with E-state index < -0.39 is 10.0 Å². The number of fused-ring (bicyclic) bond motifs is 1. The third kappa shape index (κ3) is 2.78. The Morgan fingerprint density at radius 2 is 1.95 bits per heavy atom. The molecule has 1 aliphatic carbocycles. The van der Waals surface area contributed by atoms with E-state index in [0.717, 1.165) is 17.2 Å². The fraction of sp³-hybridized carbons (Fsp3) is 0.714. The average molecular weight is 334 g/mol. The van der Waals surface area contributed by atoms with E-state index in [9.17, 15) is 8.42 Å². The van der Waals surface area contributed by atoms with Crippen molar-refractivity contribution in [2.75, 3.05) is 13.1 Å². The van der Waals surface area contributed by atoms with Crippen LogP contribution in [0.5, 0.6) is 0 Å². The normalized spacial score (nSPS) is 28.2. The summed E-state index contributed by atoms with van der Waals surface area (Å²) in [5.41, 5.74) is 0. The average Bonchev–Trinajstić information content (AvgIpc) is 2.96. The molecule has 112 valence electrons. The van der Waals surface area contributed by atoms with Gasteiger partial charge in [0.1, 0.15) is 4.21 Å². The zero-order valence-electron chi connectivity index (χ0n) is 11.4. The fourth-order valence-corrected chi connectivity index (χ4v) is 6.61. The minimum atomic E-state index is -3.31. The Balaban J connectivity index is 1.77. The van der Waals surface area contributed by atoms with Crippen LogP contribution in [0.4, 0.5) is 0 Å². The summed E-state index contributed by atoms with van der Waals surface area (Å²) >= 11 is 7.07. The number of hydrogen-bond acceptors (Lipinski definition) is 3. The van der Waals surface area contributed by atoms with Crippen LogP contribution in [0.3, 0.4) is 0 Å². The van der Waals surface area contributed by atoms with E-state index in [1.807, 2.05) is 6.07 Å². The second-order valence-electron chi connectivity index (χ2n) is 5.81. The number of rotatable bonds is 3. The van der Waals surface area contributed by atoms with Gasteiger partial charge in [0.25, 0.3) is 10.0 Å². The van der Waals surface area contributed by atoms with Gasteiger partial charge < -0.3 is 0 Å². The van der Waals surface area contributed by atoms with Crippen molar-refractivity contribution in [2.45, 2.75) is 42.2 Å². The molecule has 2 fully saturated rings. The standard InChI is InChI=1S/C14H20ClNO2S2/c15-9-13-5-6-14(19-13)20(17,18)16-8-7-11-3-1-2-4-12(11)10-16/h5-6,11-12H,1-4,7-10H2. The van der Waals surface area contributed by atoms with Crippen LogP contribution >= 0.6 is 22.9 Å². The van der Waals surface area contributed by atoms with Crippen LogP contribution in [0.1, 0.15) is 37.0 Å². The molecule has 0 N–H and O–H groups in total. The first kappa shape index (κ1) is 14.8. The highest BCUT2D eigenvalue weighted by atomic mass is 35.5. The highest BCUT2D eigenvalue weighted by molar-refractivity contribution is 7.91. The lowest BCUT2D eigenvalue weighted by Crippen LogP contribution is -2.44. The molecule has 1 aromatic heterocycles. The Morgan fingerprint density at radius 1 is 1.20 bits per heavy atom. The van der Waals surface area contributed by atoms with Gasteiger partial charge in [-0.3, -0.25) is 0 Å². The van der Waals surface area contributed by atoms with Gasteiger partial charge in [-0.05, 0) is 36.8 Å². The third-order valence-electron chi connectivity index (χ3n) is 4.62. The fourth-order valence-electron chi connectivity index (χ4n) is 3.48. The molecular formula is C14H20ClNO2S2. The van der Waals surface area contributed by atoms with Crippen LogP contribution in [-0.2, 0) is 15.9 Å². The van der Waals surface area contributed by atoms with Gasteiger partial charge >= 0.3 is 0 Å². The summed E-state index contributed by atoms with van der Waals surface area (Å²) in [7, 11) is -3.31. The van der Waals surface area contributed by atoms with Gasteiger partial charge in [0.15, 0.2) is 0 Å². The zero-order chi connectivity index (χ0) is 14.2. The number of halogens is 1. The molecular weight excluding hydrogens is 314 g/mol. The van der Waals surface area contributed by atoms with E-state index in [4.69, 9.17) is 11.6 Å². The predicted molar refractivity (Wildman–Crippen MR) is 82.7 cm³/mol. The van der Waals surface area contributed by atoms with Gasteiger partial charge in [-0.2, -0.15) is 4.31 Å². The molecule has 0 spiro atoms. The number of alkyl halides is 1. The smallest absolute Gasteiger partial charge is 0.206 e. The van der Waals surface area contributed by atoms with Gasteiger partial charge in [0.2, 0.25) is 0 Å². The van der Waals surface area contributed by atoms with Gasteiger partial charge in [-0.15, -0.1) is 22.9 Å². The summed E-state index contributed by atoms with van der Waals surface area (Å²) in [6.07, 6.45) is 6.07. The molecule has 2 atom stereocenters. The Morgan fingerprint density at radius 3 is 2.65 bits per heavy atom. The highest BCUT2D eigenvalue weighted by Crippen LogP contribution is 2.38. The van der Waals surface area contributed by atoms with Crippen LogP contribution in [0, 0.1) is 11.8 Å². The maximum atomic E-state index is 12.7. The summed E-state index contributed by atoms with van der Waals surface area (Å²) in [4.78, 5) is 0.915. The first-order valence-corrected chi connectivity index (χ1v) is 10.0. The summed E-state index contributed by atoms with van der Waals surface area (Å²) in [6.45, 7) is 1.39.